The molecule has 0 saturated carbocycles. The number of benzene rings is 2. The summed E-state index contributed by atoms with van der Waals surface area (Å²) in [4.78, 5) is 24.0. The van der Waals surface area contributed by atoms with Crippen LogP contribution in [0, 0.1) is 0 Å². The third kappa shape index (κ3) is 5.39. The molecule has 132 valence electrons. The molecule has 0 aliphatic rings. The third-order valence-electron chi connectivity index (χ3n) is 3.34. The predicted molar refractivity (Wildman–Crippen MR) is 93.1 cm³/mol. The molecule has 25 heavy (non-hydrogen) atoms. The van der Waals surface area contributed by atoms with Crippen molar-refractivity contribution in [1.29, 1.82) is 0 Å². The number of hydrogen-bond acceptors (Lipinski definition) is 5. The first kappa shape index (κ1) is 18.6. The zero-order chi connectivity index (χ0) is 18.2. The summed E-state index contributed by atoms with van der Waals surface area (Å²) in [6, 6.07) is 11.9. The Morgan fingerprint density at radius 2 is 1.88 bits per heavy atom. The molecular weight excluding hydrogens is 346 g/mol. The molecule has 2 aromatic carbocycles. The normalized spacial score (nSPS) is 10.0. The first-order valence-corrected chi connectivity index (χ1v) is 7.81. The van der Waals surface area contributed by atoms with E-state index in [0.717, 1.165) is 5.56 Å². The zero-order valence-electron chi connectivity index (χ0n) is 13.9. The molecular formula is C18H18ClNO5. The fourth-order valence-electron chi connectivity index (χ4n) is 2.08. The molecule has 0 spiro atoms. The highest BCUT2D eigenvalue weighted by atomic mass is 35.5. The summed E-state index contributed by atoms with van der Waals surface area (Å²) in [7, 11) is 2.93. The summed E-state index contributed by atoms with van der Waals surface area (Å²) in [5.74, 6) is -0.271. The summed E-state index contributed by atoms with van der Waals surface area (Å²) in [6.45, 7) is -0.112. The zero-order valence-corrected chi connectivity index (χ0v) is 14.6. The van der Waals surface area contributed by atoms with Gasteiger partial charge in [0.1, 0.15) is 17.1 Å². The largest absolute Gasteiger partial charge is 0.497 e. The average Bonchev–Trinajstić information content (AvgIpc) is 2.63. The lowest BCUT2D eigenvalue weighted by Gasteiger charge is -2.10. The molecule has 1 amide bonds. The Bertz CT molecular complexity index is 763. The van der Waals surface area contributed by atoms with Crippen LogP contribution in [0.4, 0.5) is 0 Å². The van der Waals surface area contributed by atoms with Crippen molar-refractivity contribution < 1.29 is 23.8 Å². The highest BCUT2D eigenvalue weighted by Crippen LogP contribution is 2.24. The average molecular weight is 364 g/mol. The van der Waals surface area contributed by atoms with Gasteiger partial charge >= 0.3 is 5.97 Å². The molecule has 1 N–H and O–H groups in total. The van der Waals surface area contributed by atoms with E-state index in [-0.39, 0.29) is 5.56 Å². The molecule has 0 bridgehead atoms. The summed E-state index contributed by atoms with van der Waals surface area (Å²) in [5, 5.41) is 3.24. The van der Waals surface area contributed by atoms with E-state index >= 15 is 0 Å². The van der Waals surface area contributed by atoms with Gasteiger partial charge in [0.15, 0.2) is 6.61 Å². The number of ether oxygens (including phenoxy) is 3. The second kappa shape index (κ2) is 8.94. The van der Waals surface area contributed by atoms with E-state index < -0.39 is 18.5 Å². The van der Waals surface area contributed by atoms with Crippen LogP contribution < -0.4 is 14.8 Å². The molecule has 0 radical (unpaired) electrons. The monoisotopic (exact) mass is 363 g/mol. The van der Waals surface area contributed by atoms with Crippen molar-refractivity contribution in [3.05, 3.63) is 58.6 Å². The van der Waals surface area contributed by atoms with E-state index in [1.807, 2.05) is 6.07 Å². The van der Waals surface area contributed by atoms with Crippen molar-refractivity contribution in [1.82, 2.24) is 5.32 Å². The molecule has 7 heteroatoms. The van der Waals surface area contributed by atoms with Crippen LogP contribution in [0.15, 0.2) is 42.5 Å². The minimum Gasteiger partial charge on any atom is -0.497 e. The fourth-order valence-corrected chi connectivity index (χ4v) is 2.29. The molecule has 0 saturated heterocycles. The Hall–Kier alpha value is -2.73. The number of esters is 1. The summed E-state index contributed by atoms with van der Waals surface area (Å²) >= 11 is 5.88. The topological polar surface area (TPSA) is 73.9 Å². The van der Waals surface area contributed by atoms with Gasteiger partial charge in [-0.2, -0.15) is 0 Å². The Morgan fingerprint density at radius 3 is 2.56 bits per heavy atom. The van der Waals surface area contributed by atoms with Gasteiger partial charge < -0.3 is 19.5 Å². The van der Waals surface area contributed by atoms with Gasteiger partial charge in [-0.3, -0.25) is 4.79 Å². The molecule has 6 nitrogen and oxygen atoms in total. The lowest BCUT2D eigenvalue weighted by atomic mass is 10.2. The maximum absolute atomic E-state index is 12.2. The van der Waals surface area contributed by atoms with Gasteiger partial charge in [0.05, 0.1) is 14.2 Å². The van der Waals surface area contributed by atoms with Crippen molar-refractivity contribution in [2.24, 2.45) is 0 Å². The number of hydrogen-bond donors (Lipinski definition) is 1. The van der Waals surface area contributed by atoms with Crippen molar-refractivity contribution >= 4 is 23.5 Å². The quantitative estimate of drug-likeness (QED) is 0.766. The van der Waals surface area contributed by atoms with E-state index in [1.165, 1.54) is 20.3 Å². The minimum absolute atomic E-state index is 0.185. The maximum Gasteiger partial charge on any atom is 0.342 e. The minimum atomic E-state index is -0.673. The lowest BCUT2D eigenvalue weighted by molar-refractivity contribution is -0.124. The summed E-state index contributed by atoms with van der Waals surface area (Å²) in [6.07, 6.45) is 0. The van der Waals surface area contributed by atoms with Gasteiger partial charge in [0, 0.05) is 11.6 Å². The summed E-state index contributed by atoms with van der Waals surface area (Å²) in [5.41, 5.74) is 1.03. The van der Waals surface area contributed by atoms with Gasteiger partial charge in [-0.1, -0.05) is 23.7 Å². The number of halogens is 1. The molecule has 0 aromatic heterocycles. The predicted octanol–water partition coefficient (Wildman–Crippen LogP) is 2.83. The van der Waals surface area contributed by atoms with Crippen LogP contribution in [-0.2, 0) is 16.1 Å². The first-order chi connectivity index (χ1) is 12.0. The third-order valence-corrected chi connectivity index (χ3v) is 3.57. The van der Waals surface area contributed by atoms with Crippen LogP contribution >= 0.6 is 11.6 Å². The number of nitrogens with one attached hydrogen (secondary N) is 1. The van der Waals surface area contributed by atoms with Crippen LogP contribution in [0.2, 0.25) is 5.02 Å². The van der Waals surface area contributed by atoms with Gasteiger partial charge in [-0.25, -0.2) is 4.79 Å². The van der Waals surface area contributed by atoms with Gasteiger partial charge in [-0.15, -0.1) is 0 Å². The van der Waals surface area contributed by atoms with E-state index in [4.69, 9.17) is 25.8 Å². The van der Waals surface area contributed by atoms with E-state index in [9.17, 15) is 9.59 Å². The lowest BCUT2D eigenvalue weighted by Crippen LogP contribution is -2.28. The Kier molecular flexibility index (Phi) is 6.65. The molecule has 0 aliphatic heterocycles. The van der Waals surface area contributed by atoms with Gasteiger partial charge in [0.2, 0.25) is 0 Å². The van der Waals surface area contributed by atoms with Gasteiger partial charge in [0.25, 0.3) is 5.91 Å². The number of methoxy groups -OCH3 is 2. The van der Waals surface area contributed by atoms with E-state index in [0.29, 0.717) is 23.1 Å². The number of carbonyl (C=O) groups excluding carboxylic acids is 2. The van der Waals surface area contributed by atoms with E-state index in [1.54, 1.807) is 30.3 Å². The molecule has 0 fully saturated rings. The first-order valence-electron chi connectivity index (χ1n) is 7.43. The van der Waals surface area contributed by atoms with Crippen molar-refractivity contribution in [3.63, 3.8) is 0 Å². The van der Waals surface area contributed by atoms with E-state index in [2.05, 4.69) is 5.32 Å². The molecule has 0 aliphatic carbocycles. The number of amides is 1. The second-order valence-corrected chi connectivity index (χ2v) is 5.49. The molecule has 2 rings (SSSR count). The molecule has 0 heterocycles. The van der Waals surface area contributed by atoms with Crippen LogP contribution in [0.5, 0.6) is 11.5 Å². The van der Waals surface area contributed by atoms with Crippen LogP contribution in [0.25, 0.3) is 0 Å². The van der Waals surface area contributed by atoms with Crippen LogP contribution in [-0.4, -0.2) is 32.7 Å². The molecule has 0 unspecified atom stereocenters. The Balaban J connectivity index is 1.90. The van der Waals surface area contributed by atoms with Crippen molar-refractivity contribution in [2.75, 3.05) is 20.8 Å². The number of rotatable bonds is 7. The van der Waals surface area contributed by atoms with Gasteiger partial charge in [-0.05, 0) is 35.9 Å². The fraction of sp³-hybridized carbons (Fsp3) is 0.222. The van der Waals surface area contributed by atoms with Crippen LogP contribution in [0.1, 0.15) is 15.9 Å². The highest BCUT2D eigenvalue weighted by molar-refractivity contribution is 6.30. The standard InChI is InChI=1S/C18H18ClNO5/c1-23-14-6-7-16(24-2)15(9-14)18(22)25-11-17(21)20-10-12-4-3-5-13(19)8-12/h3-9H,10-11H2,1-2H3,(H,20,21). The number of carbonyl (C=O) groups is 2. The SMILES string of the molecule is COc1ccc(OC)c(C(=O)OCC(=O)NCc2cccc(Cl)c2)c1. The summed E-state index contributed by atoms with van der Waals surface area (Å²) < 4.78 is 15.2. The van der Waals surface area contributed by atoms with Crippen LogP contribution in [0.3, 0.4) is 0 Å². The van der Waals surface area contributed by atoms with Crippen molar-refractivity contribution in [2.45, 2.75) is 6.54 Å². The molecule has 2 aromatic rings. The highest BCUT2D eigenvalue weighted by Gasteiger charge is 2.16. The second-order valence-electron chi connectivity index (χ2n) is 5.05. The smallest absolute Gasteiger partial charge is 0.342 e. The Labute approximate surface area is 150 Å². The Morgan fingerprint density at radius 1 is 1.08 bits per heavy atom. The molecule has 0 atom stereocenters. The van der Waals surface area contributed by atoms with Crippen molar-refractivity contribution in [3.8, 4) is 11.5 Å². The maximum atomic E-state index is 12.2.